The fourth-order valence-electron chi connectivity index (χ4n) is 1.82. The number of nitrogens with zero attached hydrogens (tertiary/aromatic N) is 1. The molecule has 0 saturated carbocycles. The molecule has 2 nitrogen and oxygen atoms in total. The van der Waals surface area contributed by atoms with Crippen LogP contribution in [0.25, 0.3) is 0 Å². The molecule has 0 N–H and O–H groups in total. The molecule has 2 rings (SSSR count). The Kier molecular flexibility index (Phi) is 2.78. The smallest absolute Gasteiger partial charge is 0.219 e. The van der Waals surface area contributed by atoms with Crippen LogP contribution >= 0.6 is 15.9 Å². The number of carbonyl (C=O) groups excluding carboxylic acids is 1. The third kappa shape index (κ3) is 2.04. The summed E-state index contributed by atoms with van der Waals surface area (Å²) < 4.78 is 13.7. The van der Waals surface area contributed by atoms with Crippen molar-refractivity contribution in [2.24, 2.45) is 0 Å². The van der Waals surface area contributed by atoms with Crippen LogP contribution in [-0.2, 0) is 17.8 Å². The molecule has 4 heteroatoms. The van der Waals surface area contributed by atoms with E-state index in [0.717, 1.165) is 17.5 Å². The number of hydrogen-bond donors (Lipinski definition) is 0. The van der Waals surface area contributed by atoms with E-state index in [1.54, 1.807) is 24.0 Å². The SMILES string of the molecule is CC(=O)N1CCc2cc(F)c(Br)cc2C1. The fourth-order valence-corrected chi connectivity index (χ4v) is 2.21. The molecule has 0 spiro atoms. The lowest BCUT2D eigenvalue weighted by atomic mass is 10.00. The zero-order valence-electron chi connectivity index (χ0n) is 8.39. The lowest BCUT2D eigenvalue weighted by Gasteiger charge is -2.28. The zero-order valence-corrected chi connectivity index (χ0v) is 9.97. The Hall–Kier alpha value is -0.900. The summed E-state index contributed by atoms with van der Waals surface area (Å²) in [6, 6.07) is 3.32. The van der Waals surface area contributed by atoms with Gasteiger partial charge in [-0.05, 0) is 45.6 Å². The molecule has 0 fully saturated rings. The van der Waals surface area contributed by atoms with Gasteiger partial charge in [0.2, 0.25) is 5.91 Å². The molecule has 1 aromatic rings. The van der Waals surface area contributed by atoms with Crippen LogP contribution in [0, 0.1) is 5.82 Å². The first-order valence-electron chi connectivity index (χ1n) is 4.80. The highest BCUT2D eigenvalue weighted by atomic mass is 79.9. The number of halogens is 2. The van der Waals surface area contributed by atoms with Gasteiger partial charge in [0.05, 0.1) is 4.47 Å². The van der Waals surface area contributed by atoms with Crippen molar-refractivity contribution in [2.45, 2.75) is 19.9 Å². The lowest BCUT2D eigenvalue weighted by molar-refractivity contribution is -0.129. The molecule has 80 valence electrons. The second-order valence-electron chi connectivity index (χ2n) is 3.73. The van der Waals surface area contributed by atoms with Gasteiger partial charge in [-0.3, -0.25) is 4.79 Å². The summed E-state index contributed by atoms with van der Waals surface area (Å²) in [6.07, 6.45) is 0.735. The average Bonchev–Trinajstić information content (AvgIpc) is 2.19. The van der Waals surface area contributed by atoms with E-state index in [1.165, 1.54) is 0 Å². The van der Waals surface area contributed by atoms with Gasteiger partial charge in [-0.2, -0.15) is 0 Å². The molecular weight excluding hydrogens is 261 g/mol. The minimum Gasteiger partial charge on any atom is -0.338 e. The maximum absolute atomic E-state index is 13.2. The number of carbonyl (C=O) groups is 1. The van der Waals surface area contributed by atoms with Crippen LogP contribution in [-0.4, -0.2) is 17.4 Å². The molecule has 1 heterocycles. The van der Waals surface area contributed by atoms with Gasteiger partial charge in [0.1, 0.15) is 5.82 Å². The predicted octanol–water partition coefficient (Wildman–Crippen LogP) is 2.49. The van der Waals surface area contributed by atoms with Crippen LogP contribution < -0.4 is 0 Å². The summed E-state index contributed by atoms with van der Waals surface area (Å²) in [7, 11) is 0. The zero-order chi connectivity index (χ0) is 11.0. The van der Waals surface area contributed by atoms with Gasteiger partial charge < -0.3 is 4.90 Å². The second-order valence-corrected chi connectivity index (χ2v) is 4.58. The summed E-state index contributed by atoms with van der Waals surface area (Å²) in [5.74, 6) is -0.161. The number of benzene rings is 1. The van der Waals surface area contributed by atoms with Gasteiger partial charge in [0.25, 0.3) is 0 Å². The van der Waals surface area contributed by atoms with E-state index in [1.807, 2.05) is 0 Å². The van der Waals surface area contributed by atoms with Crippen LogP contribution in [0.1, 0.15) is 18.1 Å². The van der Waals surface area contributed by atoms with E-state index in [2.05, 4.69) is 15.9 Å². The minimum atomic E-state index is -0.231. The van der Waals surface area contributed by atoms with E-state index in [9.17, 15) is 9.18 Å². The standard InChI is InChI=1S/C11H11BrFNO/c1-7(15)14-3-2-8-5-11(13)10(12)4-9(8)6-14/h4-5H,2-3,6H2,1H3. The van der Waals surface area contributed by atoms with Gasteiger partial charge in [0.15, 0.2) is 0 Å². The first kappa shape index (κ1) is 10.6. The molecule has 0 saturated heterocycles. The Labute approximate surface area is 96.2 Å². The van der Waals surface area contributed by atoms with E-state index in [-0.39, 0.29) is 11.7 Å². The van der Waals surface area contributed by atoms with Crippen LogP contribution in [0.15, 0.2) is 16.6 Å². The van der Waals surface area contributed by atoms with E-state index < -0.39 is 0 Å². The van der Waals surface area contributed by atoms with Crippen LogP contribution in [0.4, 0.5) is 4.39 Å². The summed E-state index contributed by atoms with van der Waals surface area (Å²) >= 11 is 3.15. The molecule has 0 aliphatic carbocycles. The molecule has 15 heavy (non-hydrogen) atoms. The van der Waals surface area contributed by atoms with Gasteiger partial charge in [-0.1, -0.05) is 0 Å². The van der Waals surface area contributed by atoms with Gasteiger partial charge >= 0.3 is 0 Å². The van der Waals surface area contributed by atoms with E-state index in [0.29, 0.717) is 17.6 Å². The lowest BCUT2D eigenvalue weighted by Crippen LogP contribution is -2.34. The van der Waals surface area contributed by atoms with Crippen LogP contribution in [0.2, 0.25) is 0 Å². The van der Waals surface area contributed by atoms with Crippen molar-refractivity contribution in [2.75, 3.05) is 6.54 Å². The Bertz CT molecular complexity index is 419. The van der Waals surface area contributed by atoms with Crippen molar-refractivity contribution < 1.29 is 9.18 Å². The highest BCUT2D eigenvalue weighted by Crippen LogP contribution is 2.25. The largest absolute Gasteiger partial charge is 0.338 e. The molecule has 1 amide bonds. The summed E-state index contributed by atoms with van der Waals surface area (Å²) in [5, 5.41) is 0. The highest BCUT2D eigenvalue weighted by Gasteiger charge is 2.19. The van der Waals surface area contributed by atoms with Gasteiger partial charge in [-0.15, -0.1) is 0 Å². The maximum Gasteiger partial charge on any atom is 0.219 e. The maximum atomic E-state index is 13.2. The fraction of sp³-hybridized carbons (Fsp3) is 0.364. The number of hydrogen-bond acceptors (Lipinski definition) is 1. The summed E-state index contributed by atoms with van der Waals surface area (Å²) in [6.45, 7) is 2.83. The van der Waals surface area contributed by atoms with Crippen LogP contribution in [0.3, 0.4) is 0 Å². The molecule has 1 aliphatic heterocycles. The number of fused-ring (bicyclic) bond motifs is 1. The molecule has 1 aliphatic rings. The quantitative estimate of drug-likeness (QED) is 0.710. The van der Waals surface area contributed by atoms with E-state index >= 15 is 0 Å². The monoisotopic (exact) mass is 271 g/mol. The molecular formula is C11H11BrFNO. The molecule has 0 radical (unpaired) electrons. The third-order valence-electron chi connectivity index (χ3n) is 2.70. The molecule has 0 unspecified atom stereocenters. The van der Waals surface area contributed by atoms with Crippen LogP contribution in [0.5, 0.6) is 0 Å². The highest BCUT2D eigenvalue weighted by molar-refractivity contribution is 9.10. The Morgan fingerprint density at radius 1 is 1.47 bits per heavy atom. The summed E-state index contributed by atoms with van der Waals surface area (Å²) in [4.78, 5) is 13.0. The number of amides is 1. The van der Waals surface area contributed by atoms with Gasteiger partial charge in [0, 0.05) is 20.0 Å². The Morgan fingerprint density at radius 3 is 2.87 bits per heavy atom. The first-order valence-corrected chi connectivity index (χ1v) is 5.59. The molecule has 1 aromatic carbocycles. The Balaban J connectivity index is 2.34. The predicted molar refractivity (Wildman–Crippen MR) is 58.9 cm³/mol. The van der Waals surface area contributed by atoms with Crippen molar-refractivity contribution in [3.05, 3.63) is 33.5 Å². The summed E-state index contributed by atoms with van der Waals surface area (Å²) in [5.41, 5.74) is 2.04. The van der Waals surface area contributed by atoms with Gasteiger partial charge in [-0.25, -0.2) is 4.39 Å². The van der Waals surface area contributed by atoms with Crippen molar-refractivity contribution >= 4 is 21.8 Å². The van der Waals surface area contributed by atoms with Crippen molar-refractivity contribution in [1.29, 1.82) is 0 Å². The second kappa shape index (κ2) is 3.93. The van der Waals surface area contributed by atoms with Crippen molar-refractivity contribution in [1.82, 2.24) is 4.90 Å². The Morgan fingerprint density at radius 2 is 2.20 bits per heavy atom. The topological polar surface area (TPSA) is 20.3 Å². The number of rotatable bonds is 0. The molecule has 0 bridgehead atoms. The average molecular weight is 272 g/mol. The van der Waals surface area contributed by atoms with Crippen molar-refractivity contribution in [3.8, 4) is 0 Å². The third-order valence-corrected chi connectivity index (χ3v) is 3.31. The minimum absolute atomic E-state index is 0.0705. The van der Waals surface area contributed by atoms with E-state index in [4.69, 9.17) is 0 Å². The molecule has 0 aromatic heterocycles. The van der Waals surface area contributed by atoms with Crippen molar-refractivity contribution in [3.63, 3.8) is 0 Å². The first-order chi connectivity index (χ1) is 7.08. The normalized spacial score (nSPS) is 15.0. The molecule has 0 atom stereocenters.